The van der Waals surface area contributed by atoms with Crippen LogP contribution < -0.4 is 10.6 Å². The molecule has 3 aromatic rings. The van der Waals surface area contributed by atoms with Crippen molar-refractivity contribution in [3.8, 4) is 11.3 Å². The maximum Gasteiger partial charge on any atom is 0.490 e. The average Bonchev–Trinajstić information content (AvgIpc) is 3.18. The summed E-state index contributed by atoms with van der Waals surface area (Å²) in [6.07, 6.45) is -3.42. The zero-order valence-electron chi connectivity index (χ0n) is 16.4. The number of nitrogens with two attached hydrogens (primary N) is 1. The minimum atomic E-state index is -5.09. The number of hydrogen-bond donors (Lipinski definition) is 2. The number of ether oxygens (including phenoxy) is 1. The van der Waals surface area contributed by atoms with Gasteiger partial charge in [0.2, 0.25) is 5.65 Å². The fourth-order valence-corrected chi connectivity index (χ4v) is 3.79. The molecular formula is C19H17ClF4N6O2. The highest BCUT2D eigenvalue weighted by Crippen LogP contribution is 2.34. The van der Waals surface area contributed by atoms with Crippen LogP contribution >= 0.6 is 11.6 Å². The van der Waals surface area contributed by atoms with Crippen LogP contribution in [0.15, 0.2) is 24.4 Å². The molecule has 0 aliphatic carbocycles. The van der Waals surface area contributed by atoms with Crippen molar-refractivity contribution in [1.29, 1.82) is 0 Å². The lowest BCUT2D eigenvalue weighted by molar-refractivity contribution is -0.215. The molecule has 0 saturated carbocycles. The van der Waals surface area contributed by atoms with Crippen molar-refractivity contribution in [1.82, 2.24) is 20.2 Å². The van der Waals surface area contributed by atoms with Gasteiger partial charge in [-0.3, -0.25) is 5.10 Å². The standard InChI is InChI=1S/C19H17ClF4N6O2/c20-13-10(2-1-3-11(13)21)14-15-16(29-28-14)27-12(8-26-15)30-6-4-18(9-25,5-7-30)32-17(31)19(22,23)24/h1-3,8H,4-7,9,25H2,(H,27,28,29). The van der Waals surface area contributed by atoms with Crippen LogP contribution in [0.5, 0.6) is 0 Å². The molecular weight excluding hydrogens is 456 g/mol. The molecule has 1 aromatic carbocycles. The maximum atomic E-state index is 13.8. The fourth-order valence-electron chi connectivity index (χ4n) is 3.57. The van der Waals surface area contributed by atoms with Gasteiger partial charge in [0.1, 0.15) is 22.8 Å². The summed E-state index contributed by atoms with van der Waals surface area (Å²) in [4.78, 5) is 21.9. The van der Waals surface area contributed by atoms with E-state index >= 15 is 0 Å². The van der Waals surface area contributed by atoms with Crippen LogP contribution in [0.25, 0.3) is 22.4 Å². The summed E-state index contributed by atoms with van der Waals surface area (Å²) in [5.74, 6) is -2.40. The van der Waals surface area contributed by atoms with Gasteiger partial charge in [-0.1, -0.05) is 23.7 Å². The van der Waals surface area contributed by atoms with Crippen LogP contribution in [-0.2, 0) is 9.53 Å². The van der Waals surface area contributed by atoms with Gasteiger partial charge in [0.15, 0.2) is 0 Å². The first-order valence-electron chi connectivity index (χ1n) is 9.54. The minimum absolute atomic E-state index is 0.0773. The third-order valence-electron chi connectivity index (χ3n) is 5.38. The smallest absolute Gasteiger partial charge is 0.451 e. The maximum absolute atomic E-state index is 13.8. The van der Waals surface area contributed by atoms with Gasteiger partial charge >= 0.3 is 12.1 Å². The number of carbonyl (C=O) groups excluding carboxylic acids is 1. The Balaban J connectivity index is 1.53. The topological polar surface area (TPSA) is 110 Å². The molecule has 0 atom stereocenters. The second kappa shape index (κ2) is 8.17. The number of alkyl halides is 3. The molecule has 0 unspecified atom stereocenters. The normalized spacial score (nSPS) is 16.4. The molecule has 0 amide bonds. The number of halogens is 5. The lowest BCUT2D eigenvalue weighted by Gasteiger charge is -2.40. The van der Waals surface area contributed by atoms with E-state index in [1.807, 2.05) is 0 Å². The molecule has 3 N–H and O–H groups in total. The molecule has 32 heavy (non-hydrogen) atoms. The number of aromatic nitrogens is 4. The molecule has 2 aromatic heterocycles. The van der Waals surface area contributed by atoms with Crippen LogP contribution in [0.3, 0.4) is 0 Å². The first kappa shape index (κ1) is 22.2. The average molecular weight is 473 g/mol. The first-order valence-corrected chi connectivity index (χ1v) is 9.92. The van der Waals surface area contributed by atoms with Crippen molar-refractivity contribution < 1.29 is 27.1 Å². The van der Waals surface area contributed by atoms with Crippen molar-refractivity contribution in [2.75, 3.05) is 24.5 Å². The van der Waals surface area contributed by atoms with Gasteiger partial charge in [0.25, 0.3) is 0 Å². The van der Waals surface area contributed by atoms with E-state index < -0.39 is 23.6 Å². The van der Waals surface area contributed by atoms with Gasteiger partial charge in [-0.05, 0) is 6.07 Å². The van der Waals surface area contributed by atoms with Crippen LogP contribution in [0.1, 0.15) is 12.8 Å². The summed E-state index contributed by atoms with van der Waals surface area (Å²) in [5, 5.41) is 6.80. The predicted molar refractivity (Wildman–Crippen MR) is 107 cm³/mol. The zero-order chi connectivity index (χ0) is 23.1. The highest BCUT2D eigenvalue weighted by molar-refractivity contribution is 6.33. The molecule has 1 fully saturated rings. The molecule has 0 spiro atoms. The van der Waals surface area contributed by atoms with Crippen molar-refractivity contribution in [2.45, 2.75) is 24.6 Å². The van der Waals surface area contributed by atoms with Crippen LogP contribution in [0.4, 0.5) is 23.4 Å². The highest BCUT2D eigenvalue weighted by atomic mass is 35.5. The van der Waals surface area contributed by atoms with E-state index in [0.717, 1.165) is 0 Å². The number of esters is 1. The summed E-state index contributed by atoms with van der Waals surface area (Å²) in [5.41, 5.74) is 5.66. The molecule has 1 saturated heterocycles. The summed E-state index contributed by atoms with van der Waals surface area (Å²) in [6, 6.07) is 4.36. The Hall–Kier alpha value is -2.99. The fraction of sp³-hybridized carbons (Fsp3) is 0.368. The Morgan fingerprint density at radius 3 is 2.69 bits per heavy atom. The van der Waals surface area contributed by atoms with Gasteiger partial charge < -0.3 is 15.4 Å². The third-order valence-corrected chi connectivity index (χ3v) is 5.77. The number of aromatic amines is 1. The Kier molecular flexibility index (Phi) is 5.67. The number of anilines is 1. The molecule has 1 aliphatic rings. The molecule has 4 rings (SSSR count). The number of hydrogen-bond acceptors (Lipinski definition) is 7. The van der Waals surface area contributed by atoms with E-state index in [-0.39, 0.29) is 43.1 Å². The van der Waals surface area contributed by atoms with Crippen LogP contribution in [0.2, 0.25) is 5.02 Å². The third kappa shape index (κ3) is 4.07. The number of piperidine rings is 1. The minimum Gasteiger partial charge on any atom is -0.451 e. The van der Waals surface area contributed by atoms with Crippen molar-refractivity contribution in [3.63, 3.8) is 0 Å². The number of H-pyrrole nitrogens is 1. The van der Waals surface area contributed by atoms with Gasteiger partial charge in [0.05, 0.1) is 16.9 Å². The first-order chi connectivity index (χ1) is 15.1. The Morgan fingerprint density at radius 1 is 1.31 bits per heavy atom. The predicted octanol–water partition coefficient (Wildman–Crippen LogP) is 3.22. The number of nitrogens with one attached hydrogen (secondary N) is 1. The number of rotatable bonds is 4. The Bertz CT molecular complexity index is 1160. The largest absolute Gasteiger partial charge is 0.490 e. The molecule has 0 bridgehead atoms. The zero-order valence-corrected chi connectivity index (χ0v) is 17.2. The number of fused-ring (bicyclic) bond motifs is 1. The van der Waals surface area contributed by atoms with Crippen molar-refractivity contribution in [3.05, 3.63) is 35.2 Å². The SMILES string of the molecule is NCC1(OC(=O)C(F)(F)F)CCN(c2cnc3c(-c4cccc(F)c4Cl)[nH]nc3n2)CC1. The molecule has 0 radical (unpaired) electrons. The van der Waals surface area contributed by atoms with Crippen LogP contribution in [-0.4, -0.2) is 57.5 Å². The van der Waals surface area contributed by atoms with Gasteiger partial charge in [0, 0.05) is 38.0 Å². The van der Waals surface area contributed by atoms with Gasteiger partial charge in [-0.2, -0.15) is 18.3 Å². The number of benzene rings is 1. The van der Waals surface area contributed by atoms with E-state index in [9.17, 15) is 22.4 Å². The van der Waals surface area contributed by atoms with Crippen LogP contribution in [0, 0.1) is 5.82 Å². The monoisotopic (exact) mass is 472 g/mol. The molecule has 8 nitrogen and oxygen atoms in total. The molecule has 3 heterocycles. The Morgan fingerprint density at radius 2 is 2.03 bits per heavy atom. The summed E-state index contributed by atoms with van der Waals surface area (Å²) in [6.45, 7) is 0.259. The molecule has 170 valence electrons. The lowest BCUT2D eigenvalue weighted by atomic mass is 9.91. The summed E-state index contributed by atoms with van der Waals surface area (Å²) < 4.78 is 56.3. The van der Waals surface area contributed by atoms with E-state index in [1.165, 1.54) is 18.3 Å². The summed E-state index contributed by atoms with van der Waals surface area (Å²) in [7, 11) is 0. The Labute approximate surface area is 183 Å². The number of carbonyl (C=O) groups is 1. The van der Waals surface area contributed by atoms with Crippen molar-refractivity contribution in [2.24, 2.45) is 5.73 Å². The van der Waals surface area contributed by atoms with E-state index in [2.05, 4.69) is 20.2 Å². The van der Waals surface area contributed by atoms with E-state index in [4.69, 9.17) is 22.1 Å². The second-order valence-electron chi connectivity index (χ2n) is 7.36. The van der Waals surface area contributed by atoms with Gasteiger partial charge in [-0.25, -0.2) is 19.2 Å². The molecule has 1 aliphatic heterocycles. The quantitative estimate of drug-likeness (QED) is 0.443. The highest BCUT2D eigenvalue weighted by Gasteiger charge is 2.47. The lowest BCUT2D eigenvalue weighted by Crippen LogP contribution is -2.53. The van der Waals surface area contributed by atoms with Gasteiger partial charge in [-0.15, -0.1) is 0 Å². The van der Waals surface area contributed by atoms with Crippen molar-refractivity contribution >= 4 is 34.6 Å². The molecule has 13 heteroatoms. The number of nitrogens with zero attached hydrogens (tertiary/aromatic N) is 4. The van der Waals surface area contributed by atoms with E-state index in [0.29, 0.717) is 22.6 Å². The second-order valence-corrected chi connectivity index (χ2v) is 7.74. The summed E-state index contributed by atoms with van der Waals surface area (Å²) >= 11 is 6.05. The van der Waals surface area contributed by atoms with E-state index in [1.54, 1.807) is 11.0 Å².